The molecular weight excluding hydrogens is 275 g/mol. The Balaban J connectivity index is 2.37. The zero-order valence-corrected chi connectivity index (χ0v) is 10.5. The fourth-order valence-electron chi connectivity index (χ4n) is 1.40. The van der Waals surface area contributed by atoms with Gasteiger partial charge in [-0.1, -0.05) is 29.3 Å². The predicted molar refractivity (Wildman–Crippen MR) is 70.9 cm³/mol. The van der Waals surface area contributed by atoms with Gasteiger partial charge in [0.1, 0.15) is 11.4 Å². The quantitative estimate of drug-likeness (QED) is 0.898. The summed E-state index contributed by atoms with van der Waals surface area (Å²) < 4.78 is 0. The maximum atomic E-state index is 11.1. The molecule has 0 fully saturated rings. The Morgan fingerprint density at radius 3 is 2.67 bits per heavy atom. The molecule has 1 aromatic heterocycles. The molecule has 18 heavy (non-hydrogen) atoms. The van der Waals surface area contributed by atoms with Crippen LogP contribution in [0.4, 0.5) is 11.5 Å². The van der Waals surface area contributed by atoms with Gasteiger partial charge in [-0.25, -0.2) is 9.78 Å². The number of halogens is 2. The molecule has 2 N–H and O–H groups in total. The lowest BCUT2D eigenvalue weighted by molar-refractivity contribution is 0.0697. The molecule has 4 nitrogen and oxygen atoms in total. The highest BCUT2D eigenvalue weighted by atomic mass is 35.5. The molecule has 0 radical (unpaired) electrons. The minimum absolute atomic E-state index is 0.00229. The second-order valence-electron chi connectivity index (χ2n) is 3.49. The van der Waals surface area contributed by atoms with Crippen molar-refractivity contribution in [3.05, 3.63) is 52.1 Å². The van der Waals surface area contributed by atoms with E-state index in [1.54, 1.807) is 24.3 Å². The summed E-state index contributed by atoms with van der Waals surface area (Å²) >= 11 is 11.6. The highest BCUT2D eigenvalue weighted by molar-refractivity contribution is 6.31. The minimum atomic E-state index is -1.10. The van der Waals surface area contributed by atoms with Crippen LogP contribution in [0.3, 0.4) is 0 Å². The van der Waals surface area contributed by atoms with Crippen LogP contribution in [-0.4, -0.2) is 16.1 Å². The first-order valence-corrected chi connectivity index (χ1v) is 5.73. The van der Waals surface area contributed by atoms with Crippen molar-refractivity contribution in [1.82, 2.24) is 4.98 Å². The molecule has 0 spiro atoms. The van der Waals surface area contributed by atoms with Crippen molar-refractivity contribution in [2.75, 3.05) is 5.32 Å². The minimum Gasteiger partial charge on any atom is -0.478 e. The summed E-state index contributed by atoms with van der Waals surface area (Å²) in [7, 11) is 0. The molecular formula is C12H8Cl2N2O2. The first-order valence-electron chi connectivity index (χ1n) is 4.97. The van der Waals surface area contributed by atoms with Gasteiger partial charge in [-0.2, -0.15) is 0 Å². The molecule has 1 aromatic carbocycles. The lowest BCUT2D eigenvalue weighted by Gasteiger charge is -2.08. The van der Waals surface area contributed by atoms with E-state index < -0.39 is 5.97 Å². The Labute approximate surface area is 113 Å². The lowest BCUT2D eigenvalue weighted by atomic mass is 10.2. The van der Waals surface area contributed by atoms with Gasteiger partial charge in [-0.05, 0) is 24.3 Å². The molecule has 0 unspecified atom stereocenters. The standard InChI is InChI=1S/C12H8Cl2N2O2/c13-7-2-1-3-9(4-7)16-11-10(12(17)18)5-8(14)6-15-11/h1-6H,(H,15,16)(H,17,18). The van der Waals surface area contributed by atoms with Crippen LogP contribution in [0.5, 0.6) is 0 Å². The van der Waals surface area contributed by atoms with E-state index in [4.69, 9.17) is 28.3 Å². The molecule has 0 saturated carbocycles. The summed E-state index contributed by atoms with van der Waals surface area (Å²) in [4.78, 5) is 15.0. The number of benzene rings is 1. The number of nitrogens with one attached hydrogen (secondary N) is 1. The molecule has 2 aromatic rings. The van der Waals surface area contributed by atoms with E-state index in [0.717, 1.165) is 0 Å². The molecule has 0 saturated heterocycles. The van der Waals surface area contributed by atoms with Crippen LogP contribution < -0.4 is 5.32 Å². The number of carboxylic acid groups (broad SMARTS) is 1. The molecule has 0 amide bonds. The molecule has 6 heteroatoms. The molecule has 0 bridgehead atoms. The highest BCUT2D eigenvalue weighted by Crippen LogP contribution is 2.23. The number of pyridine rings is 1. The van der Waals surface area contributed by atoms with Crippen LogP contribution in [0.15, 0.2) is 36.5 Å². The van der Waals surface area contributed by atoms with Crippen molar-refractivity contribution in [1.29, 1.82) is 0 Å². The van der Waals surface area contributed by atoms with Gasteiger partial charge in [0.15, 0.2) is 0 Å². The molecule has 0 aliphatic heterocycles. The number of aromatic carboxylic acids is 1. The van der Waals surface area contributed by atoms with Gasteiger partial charge in [-0.3, -0.25) is 0 Å². The average Bonchev–Trinajstić information content (AvgIpc) is 2.31. The van der Waals surface area contributed by atoms with E-state index in [2.05, 4.69) is 10.3 Å². The largest absolute Gasteiger partial charge is 0.478 e. The lowest BCUT2D eigenvalue weighted by Crippen LogP contribution is -2.04. The fourth-order valence-corrected chi connectivity index (χ4v) is 1.75. The zero-order valence-electron chi connectivity index (χ0n) is 9.02. The van der Waals surface area contributed by atoms with E-state index in [0.29, 0.717) is 10.7 Å². The molecule has 92 valence electrons. The Hall–Kier alpha value is -1.78. The second-order valence-corrected chi connectivity index (χ2v) is 4.36. The number of carboxylic acids is 1. The van der Waals surface area contributed by atoms with Gasteiger partial charge >= 0.3 is 5.97 Å². The third-order valence-corrected chi connectivity index (χ3v) is 2.61. The smallest absolute Gasteiger partial charge is 0.339 e. The zero-order chi connectivity index (χ0) is 13.1. The van der Waals surface area contributed by atoms with Crippen molar-refractivity contribution in [3.63, 3.8) is 0 Å². The fraction of sp³-hybridized carbons (Fsp3) is 0. The van der Waals surface area contributed by atoms with E-state index in [1.807, 2.05) is 0 Å². The summed E-state index contributed by atoms with van der Waals surface area (Å²) in [5.41, 5.74) is 0.655. The van der Waals surface area contributed by atoms with Crippen LogP contribution in [0.1, 0.15) is 10.4 Å². The number of anilines is 2. The van der Waals surface area contributed by atoms with Gasteiger partial charge in [-0.15, -0.1) is 0 Å². The van der Waals surface area contributed by atoms with Crippen molar-refractivity contribution in [2.45, 2.75) is 0 Å². The molecule has 1 heterocycles. The van der Waals surface area contributed by atoms with Gasteiger partial charge < -0.3 is 10.4 Å². The third-order valence-electron chi connectivity index (χ3n) is 2.17. The third kappa shape index (κ3) is 2.91. The van der Waals surface area contributed by atoms with E-state index in [1.165, 1.54) is 12.3 Å². The maximum Gasteiger partial charge on any atom is 0.339 e. The van der Waals surface area contributed by atoms with Gasteiger partial charge in [0.05, 0.1) is 5.02 Å². The van der Waals surface area contributed by atoms with E-state index in [-0.39, 0.29) is 16.4 Å². The molecule has 2 rings (SSSR count). The summed E-state index contributed by atoms with van der Waals surface area (Å²) in [6, 6.07) is 8.24. The first-order chi connectivity index (χ1) is 8.56. The summed E-state index contributed by atoms with van der Waals surface area (Å²) in [5.74, 6) is -0.885. The second kappa shape index (κ2) is 5.25. The number of hydrogen-bond acceptors (Lipinski definition) is 3. The molecule has 0 aliphatic carbocycles. The summed E-state index contributed by atoms with van der Waals surface area (Å²) in [6.07, 6.45) is 1.38. The van der Waals surface area contributed by atoms with Gasteiger partial charge in [0.25, 0.3) is 0 Å². The number of hydrogen-bond donors (Lipinski definition) is 2. The average molecular weight is 283 g/mol. The number of rotatable bonds is 3. The Kier molecular flexibility index (Phi) is 3.69. The normalized spacial score (nSPS) is 10.1. The maximum absolute atomic E-state index is 11.1. The molecule has 0 aliphatic rings. The number of nitrogens with zero attached hydrogens (tertiary/aromatic N) is 1. The highest BCUT2D eigenvalue weighted by Gasteiger charge is 2.12. The summed E-state index contributed by atoms with van der Waals surface area (Å²) in [5, 5.41) is 12.8. The number of carbonyl (C=O) groups is 1. The van der Waals surface area contributed by atoms with Crippen LogP contribution in [-0.2, 0) is 0 Å². The van der Waals surface area contributed by atoms with Crippen LogP contribution in [0.25, 0.3) is 0 Å². The van der Waals surface area contributed by atoms with Gasteiger partial charge in [0.2, 0.25) is 0 Å². The van der Waals surface area contributed by atoms with Crippen molar-refractivity contribution in [3.8, 4) is 0 Å². The van der Waals surface area contributed by atoms with E-state index in [9.17, 15) is 4.79 Å². The Morgan fingerprint density at radius 1 is 1.22 bits per heavy atom. The Morgan fingerprint density at radius 2 is 2.00 bits per heavy atom. The van der Waals surface area contributed by atoms with Crippen molar-refractivity contribution < 1.29 is 9.90 Å². The topological polar surface area (TPSA) is 62.2 Å². The van der Waals surface area contributed by atoms with E-state index >= 15 is 0 Å². The van der Waals surface area contributed by atoms with Crippen LogP contribution in [0, 0.1) is 0 Å². The van der Waals surface area contributed by atoms with Crippen molar-refractivity contribution >= 4 is 40.7 Å². The monoisotopic (exact) mass is 282 g/mol. The SMILES string of the molecule is O=C(O)c1cc(Cl)cnc1Nc1cccc(Cl)c1. The Bertz CT molecular complexity index is 602. The summed E-state index contributed by atoms with van der Waals surface area (Å²) in [6.45, 7) is 0. The van der Waals surface area contributed by atoms with Crippen molar-refractivity contribution in [2.24, 2.45) is 0 Å². The van der Waals surface area contributed by atoms with Crippen LogP contribution >= 0.6 is 23.2 Å². The predicted octanol–water partition coefficient (Wildman–Crippen LogP) is 3.83. The first kappa shape index (κ1) is 12.7. The van der Waals surface area contributed by atoms with Gasteiger partial charge in [0, 0.05) is 16.9 Å². The number of aromatic nitrogens is 1. The molecule has 0 atom stereocenters. The van der Waals surface area contributed by atoms with Crippen LogP contribution in [0.2, 0.25) is 10.0 Å².